The SMILES string of the molecule is COc1ccc(-n2nnc(C(=O)Nc3cc(C(=O)NC(C)C)ccc3Cl)c2C)cc1. The maximum atomic E-state index is 12.8. The number of ether oxygens (including phenoxy) is 1. The van der Waals surface area contributed by atoms with Crippen LogP contribution in [0.2, 0.25) is 5.02 Å². The number of aromatic nitrogens is 3. The van der Waals surface area contributed by atoms with Crippen LogP contribution in [-0.4, -0.2) is 40.0 Å². The molecule has 156 valence electrons. The van der Waals surface area contributed by atoms with Crippen LogP contribution >= 0.6 is 11.6 Å². The first-order chi connectivity index (χ1) is 14.3. The highest BCUT2D eigenvalue weighted by molar-refractivity contribution is 6.34. The predicted molar refractivity (Wildman–Crippen MR) is 115 cm³/mol. The molecule has 0 saturated heterocycles. The highest BCUT2D eigenvalue weighted by Gasteiger charge is 2.19. The van der Waals surface area contributed by atoms with Crippen molar-refractivity contribution >= 4 is 29.1 Å². The van der Waals surface area contributed by atoms with Crippen molar-refractivity contribution in [1.29, 1.82) is 0 Å². The van der Waals surface area contributed by atoms with Gasteiger partial charge in [-0.25, -0.2) is 4.68 Å². The average molecular weight is 428 g/mol. The molecular weight excluding hydrogens is 406 g/mol. The van der Waals surface area contributed by atoms with E-state index in [2.05, 4.69) is 20.9 Å². The zero-order chi connectivity index (χ0) is 21.8. The Morgan fingerprint density at radius 2 is 1.80 bits per heavy atom. The van der Waals surface area contributed by atoms with Crippen LogP contribution in [0.15, 0.2) is 42.5 Å². The maximum absolute atomic E-state index is 12.8. The van der Waals surface area contributed by atoms with E-state index in [0.29, 0.717) is 27.7 Å². The highest BCUT2D eigenvalue weighted by Crippen LogP contribution is 2.24. The van der Waals surface area contributed by atoms with Crippen LogP contribution in [0.4, 0.5) is 5.69 Å². The van der Waals surface area contributed by atoms with Crippen LogP contribution in [-0.2, 0) is 0 Å². The normalized spacial score (nSPS) is 10.7. The van der Waals surface area contributed by atoms with Gasteiger partial charge in [-0.2, -0.15) is 0 Å². The summed E-state index contributed by atoms with van der Waals surface area (Å²) in [5.41, 5.74) is 2.16. The number of anilines is 1. The van der Waals surface area contributed by atoms with Gasteiger partial charge in [0.15, 0.2) is 5.69 Å². The molecule has 2 N–H and O–H groups in total. The largest absolute Gasteiger partial charge is 0.497 e. The Morgan fingerprint density at radius 3 is 2.43 bits per heavy atom. The van der Waals surface area contributed by atoms with Crippen LogP contribution < -0.4 is 15.4 Å². The van der Waals surface area contributed by atoms with Gasteiger partial charge in [-0.05, 0) is 63.2 Å². The Hall–Kier alpha value is -3.39. The van der Waals surface area contributed by atoms with E-state index in [1.165, 1.54) is 6.07 Å². The number of hydrogen-bond donors (Lipinski definition) is 2. The van der Waals surface area contributed by atoms with Gasteiger partial charge in [-0.1, -0.05) is 16.8 Å². The second-order valence-corrected chi connectivity index (χ2v) is 7.32. The zero-order valence-electron chi connectivity index (χ0n) is 17.1. The standard InChI is InChI=1S/C21H22ClN5O3/c1-12(2)23-20(28)14-5-10-17(22)18(11-14)24-21(29)19-13(3)27(26-25-19)15-6-8-16(30-4)9-7-15/h5-12H,1-4H3,(H,23,28)(H,24,29). The smallest absolute Gasteiger partial charge is 0.278 e. The van der Waals surface area contributed by atoms with Crippen molar-refractivity contribution in [2.45, 2.75) is 26.8 Å². The molecule has 0 radical (unpaired) electrons. The Labute approximate surface area is 179 Å². The fraction of sp³-hybridized carbons (Fsp3) is 0.238. The Morgan fingerprint density at radius 1 is 1.10 bits per heavy atom. The van der Waals surface area contributed by atoms with Crippen molar-refractivity contribution in [2.75, 3.05) is 12.4 Å². The lowest BCUT2D eigenvalue weighted by Crippen LogP contribution is -2.30. The number of hydrogen-bond acceptors (Lipinski definition) is 5. The van der Waals surface area contributed by atoms with Crippen LogP contribution in [0.1, 0.15) is 40.4 Å². The highest BCUT2D eigenvalue weighted by atomic mass is 35.5. The molecule has 0 spiro atoms. The molecule has 2 aromatic carbocycles. The van der Waals surface area contributed by atoms with Crippen molar-refractivity contribution < 1.29 is 14.3 Å². The molecule has 0 saturated carbocycles. The summed E-state index contributed by atoms with van der Waals surface area (Å²) < 4.78 is 6.71. The van der Waals surface area contributed by atoms with Gasteiger partial charge in [0.05, 0.1) is 29.2 Å². The number of rotatable bonds is 6. The van der Waals surface area contributed by atoms with Crippen LogP contribution in [0.3, 0.4) is 0 Å². The van der Waals surface area contributed by atoms with Gasteiger partial charge in [0.25, 0.3) is 11.8 Å². The summed E-state index contributed by atoms with van der Waals surface area (Å²) in [6.07, 6.45) is 0. The molecule has 30 heavy (non-hydrogen) atoms. The third kappa shape index (κ3) is 4.60. The maximum Gasteiger partial charge on any atom is 0.278 e. The van der Waals surface area contributed by atoms with Gasteiger partial charge in [-0.3, -0.25) is 9.59 Å². The van der Waals surface area contributed by atoms with E-state index in [1.807, 2.05) is 26.0 Å². The number of nitrogens with one attached hydrogen (secondary N) is 2. The fourth-order valence-corrected chi connectivity index (χ4v) is 2.96. The molecule has 2 amide bonds. The molecule has 3 rings (SSSR count). The van der Waals surface area contributed by atoms with E-state index in [1.54, 1.807) is 43.0 Å². The van der Waals surface area contributed by atoms with E-state index in [9.17, 15) is 9.59 Å². The zero-order valence-corrected chi connectivity index (χ0v) is 17.8. The van der Waals surface area contributed by atoms with E-state index in [4.69, 9.17) is 16.3 Å². The summed E-state index contributed by atoms with van der Waals surface area (Å²) in [6, 6.07) is 11.9. The molecule has 1 aromatic heterocycles. The van der Waals surface area contributed by atoms with Crippen molar-refractivity contribution in [3.63, 3.8) is 0 Å². The quantitative estimate of drug-likeness (QED) is 0.626. The summed E-state index contributed by atoms with van der Waals surface area (Å²) in [4.78, 5) is 25.0. The third-order valence-corrected chi connectivity index (χ3v) is 4.65. The number of nitrogens with zero attached hydrogens (tertiary/aromatic N) is 3. The van der Waals surface area contributed by atoms with E-state index in [0.717, 1.165) is 5.69 Å². The molecule has 0 fully saturated rings. The number of halogens is 1. The number of amides is 2. The first kappa shape index (κ1) is 21.3. The summed E-state index contributed by atoms with van der Waals surface area (Å²) >= 11 is 6.21. The topological polar surface area (TPSA) is 98.1 Å². The van der Waals surface area contributed by atoms with E-state index >= 15 is 0 Å². The first-order valence-corrected chi connectivity index (χ1v) is 9.66. The number of benzene rings is 2. The van der Waals surface area contributed by atoms with Crippen molar-refractivity contribution in [1.82, 2.24) is 20.3 Å². The van der Waals surface area contributed by atoms with Gasteiger partial charge in [-0.15, -0.1) is 5.10 Å². The lowest BCUT2D eigenvalue weighted by Gasteiger charge is -2.11. The lowest BCUT2D eigenvalue weighted by atomic mass is 10.1. The summed E-state index contributed by atoms with van der Waals surface area (Å²) in [6.45, 7) is 5.48. The second kappa shape index (κ2) is 8.96. The predicted octanol–water partition coefficient (Wildman–Crippen LogP) is 3.63. The van der Waals surface area contributed by atoms with Crippen LogP contribution in [0, 0.1) is 6.92 Å². The minimum absolute atomic E-state index is 0.0122. The Kier molecular flexibility index (Phi) is 6.37. The molecule has 0 bridgehead atoms. The molecule has 8 nitrogen and oxygen atoms in total. The summed E-state index contributed by atoms with van der Waals surface area (Å²) in [5.74, 6) is -0.0140. The molecule has 0 aliphatic rings. The monoisotopic (exact) mass is 427 g/mol. The number of carbonyl (C=O) groups excluding carboxylic acids is 2. The van der Waals surface area contributed by atoms with Gasteiger partial charge in [0.2, 0.25) is 0 Å². The minimum atomic E-state index is -0.476. The Balaban J connectivity index is 1.83. The molecule has 9 heteroatoms. The average Bonchev–Trinajstić information content (AvgIpc) is 3.10. The van der Waals surface area contributed by atoms with Crippen molar-refractivity contribution in [2.24, 2.45) is 0 Å². The van der Waals surface area contributed by atoms with Crippen molar-refractivity contribution in [3.8, 4) is 11.4 Å². The fourth-order valence-electron chi connectivity index (χ4n) is 2.80. The molecule has 1 heterocycles. The Bertz CT molecular complexity index is 1080. The molecule has 3 aromatic rings. The summed E-state index contributed by atoms with van der Waals surface area (Å²) in [5, 5.41) is 13.9. The molecule has 0 aliphatic heterocycles. The van der Waals surface area contributed by atoms with Gasteiger partial charge in [0, 0.05) is 11.6 Å². The van der Waals surface area contributed by atoms with Gasteiger partial charge < -0.3 is 15.4 Å². The minimum Gasteiger partial charge on any atom is -0.497 e. The third-order valence-electron chi connectivity index (χ3n) is 4.32. The molecule has 0 atom stereocenters. The van der Waals surface area contributed by atoms with E-state index < -0.39 is 5.91 Å². The van der Waals surface area contributed by atoms with Crippen LogP contribution in [0.25, 0.3) is 5.69 Å². The number of carbonyl (C=O) groups is 2. The van der Waals surface area contributed by atoms with E-state index in [-0.39, 0.29) is 17.6 Å². The van der Waals surface area contributed by atoms with Gasteiger partial charge >= 0.3 is 0 Å². The molecule has 0 aliphatic carbocycles. The van der Waals surface area contributed by atoms with Gasteiger partial charge in [0.1, 0.15) is 5.75 Å². The molecule has 0 unspecified atom stereocenters. The molecular formula is C21H22ClN5O3. The van der Waals surface area contributed by atoms with Crippen molar-refractivity contribution in [3.05, 3.63) is 64.4 Å². The second-order valence-electron chi connectivity index (χ2n) is 6.91. The first-order valence-electron chi connectivity index (χ1n) is 9.28. The van der Waals surface area contributed by atoms with Crippen LogP contribution in [0.5, 0.6) is 5.75 Å². The lowest BCUT2D eigenvalue weighted by molar-refractivity contribution is 0.0941. The summed E-state index contributed by atoms with van der Waals surface area (Å²) in [7, 11) is 1.59. The number of methoxy groups -OCH3 is 1.